The molecule has 2 fully saturated rings. The number of hydrogen-bond donors (Lipinski definition) is 0. The van der Waals surface area contributed by atoms with Crippen molar-refractivity contribution in [3.05, 3.63) is 11.6 Å². The van der Waals surface area contributed by atoms with Gasteiger partial charge in [0, 0.05) is 12.3 Å². The average molecular weight is 262 g/mol. The van der Waals surface area contributed by atoms with E-state index in [1.165, 1.54) is 44.6 Å². The third kappa shape index (κ3) is 1.35. The van der Waals surface area contributed by atoms with Gasteiger partial charge >= 0.3 is 5.97 Å². The minimum absolute atomic E-state index is 0.128. The SMILES string of the molecule is CC(=O)OCC12CCC(C)C13CCCC3(C)C=C2C. The molecule has 3 aliphatic carbocycles. The average Bonchev–Trinajstić information content (AvgIpc) is 2.86. The van der Waals surface area contributed by atoms with Crippen LogP contribution < -0.4 is 0 Å². The molecule has 2 saturated carbocycles. The van der Waals surface area contributed by atoms with Crippen molar-refractivity contribution in [3.63, 3.8) is 0 Å². The quantitative estimate of drug-likeness (QED) is 0.553. The highest BCUT2D eigenvalue weighted by Crippen LogP contribution is 2.77. The molecule has 2 nitrogen and oxygen atoms in total. The van der Waals surface area contributed by atoms with Crippen LogP contribution in [0.2, 0.25) is 0 Å². The number of rotatable bonds is 2. The summed E-state index contributed by atoms with van der Waals surface area (Å²) in [5.74, 6) is 0.604. The van der Waals surface area contributed by atoms with Crippen LogP contribution in [0.3, 0.4) is 0 Å². The second-order valence-electron chi connectivity index (χ2n) is 7.37. The predicted molar refractivity (Wildman–Crippen MR) is 75.6 cm³/mol. The summed E-state index contributed by atoms with van der Waals surface area (Å²) in [4.78, 5) is 11.3. The van der Waals surface area contributed by atoms with Gasteiger partial charge in [-0.3, -0.25) is 4.79 Å². The molecular weight excluding hydrogens is 236 g/mol. The van der Waals surface area contributed by atoms with Gasteiger partial charge in [-0.25, -0.2) is 0 Å². The maximum atomic E-state index is 11.3. The van der Waals surface area contributed by atoms with E-state index in [1.54, 1.807) is 0 Å². The zero-order valence-corrected chi connectivity index (χ0v) is 12.7. The van der Waals surface area contributed by atoms with Crippen molar-refractivity contribution in [2.24, 2.45) is 22.2 Å². The maximum Gasteiger partial charge on any atom is 0.302 e. The normalized spacial score (nSPS) is 47.8. The van der Waals surface area contributed by atoms with E-state index in [1.807, 2.05) is 0 Å². The Labute approximate surface area is 116 Å². The summed E-state index contributed by atoms with van der Waals surface area (Å²) in [6, 6.07) is 0. The fourth-order valence-corrected chi connectivity index (χ4v) is 6.15. The third-order valence-corrected chi connectivity index (χ3v) is 6.80. The lowest BCUT2D eigenvalue weighted by atomic mass is 9.55. The molecule has 0 aromatic carbocycles. The van der Waals surface area contributed by atoms with Crippen molar-refractivity contribution in [1.29, 1.82) is 0 Å². The van der Waals surface area contributed by atoms with Crippen LogP contribution in [0.25, 0.3) is 0 Å². The smallest absolute Gasteiger partial charge is 0.302 e. The summed E-state index contributed by atoms with van der Waals surface area (Å²) >= 11 is 0. The van der Waals surface area contributed by atoms with Crippen molar-refractivity contribution in [3.8, 4) is 0 Å². The molecule has 0 amide bonds. The van der Waals surface area contributed by atoms with E-state index >= 15 is 0 Å². The van der Waals surface area contributed by atoms with Gasteiger partial charge in [0.2, 0.25) is 0 Å². The van der Waals surface area contributed by atoms with Crippen LogP contribution in [0.1, 0.15) is 59.8 Å². The number of esters is 1. The lowest BCUT2D eigenvalue weighted by Crippen LogP contribution is -2.47. The standard InChI is InChI=1S/C17H26O2/c1-12-6-9-16(11-19-14(3)18)13(2)10-15(4)7-5-8-17(12,15)16/h10,12H,5-9,11H2,1-4H3. The molecule has 3 rings (SSSR count). The number of carbonyl (C=O) groups is 1. The van der Waals surface area contributed by atoms with E-state index < -0.39 is 0 Å². The van der Waals surface area contributed by atoms with Gasteiger partial charge in [0.15, 0.2) is 0 Å². The Hall–Kier alpha value is -0.790. The van der Waals surface area contributed by atoms with Crippen LogP contribution >= 0.6 is 0 Å². The summed E-state index contributed by atoms with van der Waals surface area (Å²) in [5, 5.41) is 0. The van der Waals surface area contributed by atoms with Gasteiger partial charge in [-0.15, -0.1) is 0 Å². The van der Waals surface area contributed by atoms with Crippen LogP contribution in [0.15, 0.2) is 11.6 Å². The predicted octanol–water partition coefficient (Wildman–Crippen LogP) is 4.10. The second-order valence-corrected chi connectivity index (χ2v) is 7.37. The topological polar surface area (TPSA) is 26.3 Å². The molecule has 2 heteroatoms. The summed E-state index contributed by atoms with van der Waals surface area (Å²) in [6.07, 6.45) is 8.93. The van der Waals surface area contributed by atoms with Gasteiger partial charge in [0.05, 0.1) is 0 Å². The summed E-state index contributed by atoms with van der Waals surface area (Å²) in [6.45, 7) is 9.27. The Bertz CT molecular complexity index is 452. The molecule has 0 saturated heterocycles. The number of carbonyl (C=O) groups excluding carboxylic acids is 1. The van der Waals surface area contributed by atoms with Gasteiger partial charge in [-0.05, 0) is 49.4 Å². The van der Waals surface area contributed by atoms with E-state index in [2.05, 4.69) is 26.8 Å². The van der Waals surface area contributed by atoms with Gasteiger partial charge < -0.3 is 4.74 Å². The molecule has 3 aliphatic rings. The van der Waals surface area contributed by atoms with Crippen LogP contribution in [0.5, 0.6) is 0 Å². The number of hydrogen-bond acceptors (Lipinski definition) is 2. The highest BCUT2D eigenvalue weighted by Gasteiger charge is 2.71. The van der Waals surface area contributed by atoms with Crippen molar-refractivity contribution < 1.29 is 9.53 Å². The Morgan fingerprint density at radius 1 is 1.42 bits per heavy atom. The zero-order valence-electron chi connectivity index (χ0n) is 12.7. The number of allylic oxidation sites excluding steroid dienone is 1. The molecule has 0 heterocycles. The van der Waals surface area contributed by atoms with Gasteiger partial charge in [-0.1, -0.05) is 31.9 Å². The van der Waals surface area contributed by atoms with Crippen LogP contribution in [0, 0.1) is 22.2 Å². The van der Waals surface area contributed by atoms with Gasteiger partial charge in [0.25, 0.3) is 0 Å². The molecule has 4 unspecified atom stereocenters. The zero-order chi connectivity index (χ0) is 13.9. The van der Waals surface area contributed by atoms with Crippen molar-refractivity contribution in [2.45, 2.75) is 59.8 Å². The molecule has 0 N–H and O–H groups in total. The first kappa shape index (κ1) is 13.2. The van der Waals surface area contributed by atoms with Crippen molar-refractivity contribution >= 4 is 5.97 Å². The first-order valence-corrected chi connectivity index (χ1v) is 7.71. The Kier molecular flexibility index (Phi) is 2.69. The molecular formula is C17H26O2. The molecule has 0 bridgehead atoms. The fraction of sp³-hybridized carbons (Fsp3) is 0.824. The molecule has 4 atom stereocenters. The highest BCUT2D eigenvalue weighted by molar-refractivity contribution is 5.66. The molecule has 0 aromatic heterocycles. The summed E-state index contributed by atoms with van der Waals surface area (Å²) < 4.78 is 5.52. The van der Waals surface area contributed by atoms with Crippen LogP contribution in [-0.4, -0.2) is 12.6 Å². The van der Waals surface area contributed by atoms with Gasteiger partial charge in [-0.2, -0.15) is 0 Å². The van der Waals surface area contributed by atoms with Crippen LogP contribution in [-0.2, 0) is 9.53 Å². The largest absolute Gasteiger partial charge is 0.465 e. The number of ether oxygens (including phenoxy) is 1. The Morgan fingerprint density at radius 2 is 2.16 bits per heavy atom. The van der Waals surface area contributed by atoms with E-state index in [-0.39, 0.29) is 11.4 Å². The molecule has 0 aliphatic heterocycles. The van der Waals surface area contributed by atoms with E-state index in [0.29, 0.717) is 17.4 Å². The van der Waals surface area contributed by atoms with Crippen molar-refractivity contribution in [1.82, 2.24) is 0 Å². The van der Waals surface area contributed by atoms with Crippen LogP contribution in [0.4, 0.5) is 0 Å². The lowest BCUT2D eigenvalue weighted by Gasteiger charge is -2.49. The molecule has 106 valence electrons. The fourth-order valence-electron chi connectivity index (χ4n) is 6.15. The first-order chi connectivity index (χ1) is 8.88. The minimum Gasteiger partial charge on any atom is -0.465 e. The summed E-state index contributed by atoms with van der Waals surface area (Å²) in [5.41, 5.74) is 2.29. The summed E-state index contributed by atoms with van der Waals surface area (Å²) in [7, 11) is 0. The van der Waals surface area contributed by atoms with E-state index in [4.69, 9.17) is 4.74 Å². The molecule has 19 heavy (non-hydrogen) atoms. The minimum atomic E-state index is -0.136. The van der Waals surface area contributed by atoms with E-state index in [0.717, 1.165) is 5.92 Å². The molecule has 1 spiro atoms. The van der Waals surface area contributed by atoms with E-state index in [9.17, 15) is 4.79 Å². The first-order valence-electron chi connectivity index (χ1n) is 7.71. The molecule has 0 radical (unpaired) electrons. The maximum absolute atomic E-state index is 11.3. The highest BCUT2D eigenvalue weighted by atomic mass is 16.5. The van der Waals surface area contributed by atoms with Gasteiger partial charge in [0.1, 0.15) is 6.61 Å². The Balaban J connectivity index is 2.06. The lowest BCUT2D eigenvalue weighted by molar-refractivity contribution is -0.147. The van der Waals surface area contributed by atoms with Crippen molar-refractivity contribution in [2.75, 3.05) is 6.61 Å². The Morgan fingerprint density at radius 3 is 2.84 bits per heavy atom. The monoisotopic (exact) mass is 262 g/mol. The second kappa shape index (κ2) is 3.86. The molecule has 0 aromatic rings. The third-order valence-electron chi connectivity index (χ3n) is 6.80.